The maximum absolute atomic E-state index is 13.2. The first-order valence-corrected chi connectivity index (χ1v) is 17.2. The second-order valence-corrected chi connectivity index (χ2v) is 13.4. The summed E-state index contributed by atoms with van der Waals surface area (Å²) in [5.41, 5.74) is 0.659. The van der Waals surface area contributed by atoms with Gasteiger partial charge in [-0.25, -0.2) is 8.42 Å². The normalized spacial score (nSPS) is 16.8. The molecule has 0 radical (unpaired) electrons. The van der Waals surface area contributed by atoms with Crippen molar-refractivity contribution in [3.05, 3.63) is 77.3 Å². The number of rotatable bonds is 12. The van der Waals surface area contributed by atoms with Gasteiger partial charge in [0.05, 0.1) is 17.7 Å². The van der Waals surface area contributed by atoms with E-state index in [4.69, 9.17) is 21.1 Å². The van der Waals surface area contributed by atoms with E-state index in [0.29, 0.717) is 34.4 Å². The lowest BCUT2D eigenvalue weighted by Crippen LogP contribution is -2.47. The minimum atomic E-state index is -3.96. The molecule has 9 nitrogen and oxygen atoms in total. The third kappa shape index (κ3) is 8.44. The fourth-order valence-electron chi connectivity index (χ4n) is 5.87. The van der Waals surface area contributed by atoms with Gasteiger partial charge in [-0.1, -0.05) is 30.2 Å². The van der Waals surface area contributed by atoms with Crippen LogP contribution in [0.25, 0.3) is 0 Å². The molecule has 44 heavy (non-hydrogen) atoms. The first-order chi connectivity index (χ1) is 21.3. The van der Waals surface area contributed by atoms with Crippen molar-refractivity contribution < 1.29 is 22.7 Å². The molecule has 2 aliphatic rings. The van der Waals surface area contributed by atoms with Crippen molar-refractivity contribution in [2.24, 2.45) is 0 Å². The second-order valence-electron chi connectivity index (χ2n) is 11.3. The number of piperidine rings is 2. The molecule has 5 rings (SSSR count). The third-order valence-electron chi connectivity index (χ3n) is 8.30. The molecular formula is C33H41ClN4O5S. The summed E-state index contributed by atoms with van der Waals surface area (Å²) >= 11 is 6.05. The smallest absolute Gasteiger partial charge is 0.262 e. The molecule has 0 spiro atoms. The lowest BCUT2D eigenvalue weighted by molar-refractivity contribution is 0.0902. The predicted molar refractivity (Wildman–Crippen MR) is 174 cm³/mol. The third-order valence-corrected chi connectivity index (χ3v) is 9.92. The number of carbonyl (C=O) groups is 1. The highest BCUT2D eigenvalue weighted by molar-refractivity contribution is 7.92. The van der Waals surface area contributed by atoms with E-state index >= 15 is 0 Å². The summed E-state index contributed by atoms with van der Waals surface area (Å²) < 4.78 is 40.3. The van der Waals surface area contributed by atoms with Crippen LogP contribution in [0.15, 0.2) is 71.6 Å². The molecule has 0 aliphatic carbocycles. The molecule has 2 heterocycles. The Morgan fingerprint density at radius 3 is 2.36 bits per heavy atom. The van der Waals surface area contributed by atoms with E-state index in [1.165, 1.54) is 76.6 Å². The van der Waals surface area contributed by atoms with E-state index in [2.05, 4.69) is 19.8 Å². The Bertz CT molecular complexity index is 1500. The van der Waals surface area contributed by atoms with Gasteiger partial charge in [-0.05, 0) is 113 Å². The van der Waals surface area contributed by atoms with E-state index < -0.39 is 10.0 Å². The van der Waals surface area contributed by atoms with E-state index in [1.54, 1.807) is 42.5 Å². The van der Waals surface area contributed by atoms with E-state index in [1.807, 2.05) is 0 Å². The average Bonchev–Trinajstić information content (AvgIpc) is 3.05. The van der Waals surface area contributed by atoms with E-state index in [9.17, 15) is 13.2 Å². The zero-order valence-electron chi connectivity index (χ0n) is 25.1. The quantitative estimate of drug-likeness (QED) is 0.234. The van der Waals surface area contributed by atoms with E-state index in [-0.39, 0.29) is 16.5 Å². The summed E-state index contributed by atoms with van der Waals surface area (Å²) in [5, 5.41) is 3.45. The monoisotopic (exact) mass is 640 g/mol. The number of amides is 1. The number of likely N-dealkylation sites (tertiary alicyclic amines) is 2. The number of nitrogens with one attached hydrogen (secondary N) is 2. The Labute approximate surface area is 265 Å². The first kappa shape index (κ1) is 32.1. The molecule has 2 fully saturated rings. The fraction of sp³-hybridized carbons (Fsp3) is 0.424. The maximum Gasteiger partial charge on any atom is 0.262 e. The highest BCUT2D eigenvalue weighted by Crippen LogP contribution is 2.37. The molecule has 0 aromatic heterocycles. The van der Waals surface area contributed by atoms with Crippen LogP contribution in [0.4, 0.5) is 5.69 Å². The molecule has 0 unspecified atom stereocenters. The second kappa shape index (κ2) is 15.1. The van der Waals surface area contributed by atoms with Crippen molar-refractivity contribution >= 4 is 33.2 Å². The molecule has 0 bridgehead atoms. The lowest BCUT2D eigenvalue weighted by atomic mass is 10.00. The average molecular weight is 641 g/mol. The van der Waals surface area contributed by atoms with Crippen LogP contribution in [0.2, 0.25) is 5.02 Å². The number of para-hydroxylation sites is 2. The highest BCUT2D eigenvalue weighted by atomic mass is 35.5. The van der Waals surface area contributed by atoms with Crippen LogP contribution in [0, 0.1) is 0 Å². The summed E-state index contributed by atoms with van der Waals surface area (Å²) in [7, 11) is -2.46. The summed E-state index contributed by atoms with van der Waals surface area (Å²) in [6.45, 7) is 6.28. The number of ether oxygens (including phenoxy) is 2. The number of anilines is 1. The van der Waals surface area contributed by atoms with Crippen LogP contribution >= 0.6 is 11.6 Å². The maximum atomic E-state index is 13.2. The van der Waals surface area contributed by atoms with Gasteiger partial charge in [0, 0.05) is 29.2 Å². The van der Waals surface area contributed by atoms with Crippen molar-refractivity contribution in [3.8, 4) is 17.2 Å². The van der Waals surface area contributed by atoms with Crippen LogP contribution < -0.4 is 19.5 Å². The molecular weight excluding hydrogens is 600 g/mol. The summed E-state index contributed by atoms with van der Waals surface area (Å²) in [6.07, 6.45) is 7.37. The minimum Gasteiger partial charge on any atom is -0.493 e. The number of hydrogen-bond acceptors (Lipinski definition) is 7. The molecule has 0 atom stereocenters. The number of benzene rings is 3. The summed E-state index contributed by atoms with van der Waals surface area (Å²) in [5.74, 6) is 0.869. The Balaban J connectivity index is 1.10. The Morgan fingerprint density at radius 1 is 0.909 bits per heavy atom. The lowest BCUT2D eigenvalue weighted by Gasteiger charge is -2.40. The summed E-state index contributed by atoms with van der Waals surface area (Å²) in [6, 6.07) is 18.2. The molecule has 2 N–H and O–H groups in total. The zero-order valence-corrected chi connectivity index (χ0v) is 26.7. The van der Waals surface area contributed by atoms with Gasteiger partial charge >= 0.3 is 0 Å². The van der Waals surface area contributed by atoms with Crippen LogP contribution in [0.5, 0.6) is 17.2 Å². The molecule has 3 aromatic rings. The SMILES string of the molecule is COc1cc(Cl)ccc1Oc1ccccc1NS(=O)(=O)c1ccc(C(=O)NCCCN2CCC(N3CCCCC3)CC2)cc1. The van der Waals surface area contributed by atoms with Crippen molar-refractivity contribution in [2.75, 3.05) is 51.1 Å². The molecule has 0 saturated carbocycles. The van der Waals surface area contributed by atoms with Gasteiger partial charge in [-0.2, -0.15) is 0 Å². The van der Waals surface area contributed by atoms with Crippen molar-refractivity contribution in [3.63, 3.8) is 0 Å². The van der Waals surface area contributed by atoms with Crippen molar-refractivity contribution in [1.29, 1.82) is 0 Å². The number of halogens is 1. The van der Waals surface area contributed by atoms with Gasteiger partial charge in [0.1, 0.15) is 0 Å². The number of hydrogen-bond donors (Lipinski definition) is 2. The highest BCUT2D eigenvalue weighted by Gasteiger charge is 2.25. The molecule has 11 heteroatoms. The first-order valence-electron chi connectivity index (χ1n) is 15.3. The topological polar surface area (TPSA) is 100 Å². The fourth-order valence-corrected chi connectivity index (χ4v) is 7.10. The minimum absolute atomic E-state index is 0.0286. The number of nitrogens with zero attached hydrogens (tertiary/aromatic N) is 2. The van der Waals surface area contributed by atoms with E-state index in [0.717, 1.165) is 32.1 Å². The zero-order chi connectivity index (χ0) is 30.9. The van der Waals surface area contributed by atoms with Gasteiger partial charge in [0.25, 0.3) is 15.9 Å². The van der Waals surface area contributed by atoms with Crippen LogP contribution in [0.3, 0.4) is 0 Å². The molecule has 2 aliphatic heterocycles. The van der Waals surface area contributed by atoms with Crippen LogP contribution in [-0.4, -0.2) is 76.5 Å². The van der Waals surface area contributed by atoms with Gasteiger partial charge in [-0.15, -0.1) is 0 Å². The number of methoxy groups -OCH3 is 1. The molecule has 1 amide bonds. The summed E-state index contributed by atoms with van der Waals surface area (Å²) in [4.78, 5) is 17.9. The molecule has 2 saturated heterocycles. The van der Waals surface area contributed by atoms with Crippen LogP contribution in [0.1, 0.15) is 48.9 Å². The standard InChI is InChI=1S/C33H41ClN4O5S/c1-42-32-24-26(34)12-15-31(32)43-30-9-4-3-8-29(30)36-44(40,41)28-13-10-25(11-14-28)33(39)35-18-7-19-37-22-16-27(17-23-37)38-20-5-2-6-21-38/h3-4,8-15,24,27,36H,2,5-7,16-23H2,1H3,(H,35,39). The van der Waals surface area contributed by atoms with Crippen LogP contribution in [-0.2, 0) is 10.0 Å². The number of sulfonamides is 1. The Hall–Kier alpha value is -3.31. The molecule has 3 aromatic carbocycles. The van der Waals surface area contributed by atoms with Gasteiger partial charge < -0.3 is 24.6 Å². The predicted octanol–water partition coefficient (Wildman–Crippen LogP) is 6.01. The Morgan fingerprint density at radius 2 is 1.64 bits per heavy atom. The number of carbonyl (C=O) groups excluding carboxylic acids is 1. The molecule has 236 valence electrons. The van der Waals surface area contributed by atoms with Crippen molar-refractivity contribution in [2.45, 2.75) is 49.5 Å². The Kier molecular flexibility index (Phi) is 11.0. The van der Waals surface area contributed by atoms with Gasteiger partial charge in [-0.3, -0.25) is 9.52 Å². The van der Waals surface area contributed by atoms with Crippen molar-refractivity contribution in [1.82, 2.24) is 15.1 Å². The largest absolute Gasteiger partial charge is 0.493 e. The van der Waals surface area contributed by atoms with Gasteiger partial charge in [0.2, 0.25) is 0 Å². The van der Waals surface area contributed by atoms with Gasteiger partial charge in [0.15, 0.2) is 17.2 Å².